The summed E-state index contributed by atoms with van der Waals surface area (Å²) in [6.45, 7) is 13.1. The summed E-state index contributed by atoms with van der Waals surface area (Å²) < 4.78 is 36.3. The minimum Gasteiger partial charge on any atom is -0.488 e. The van der Waals surface area contributed by atoms with E-state index in [1.54, 1.807) is 42.8 Å². The van der Waals surface area contributed by atoms with E-state index in [1.165, 1.54) is 5.57 Å². The molecular formula is C39H46ClN7O5S2. The lowest BCUT2D eigenvalue weighted by molar-refractivity contribution is 0.0741. The third-order valence-electron chi connectivity index (χ3n) is 8.27. The van der Waals surface area contributed by atoms with Crippen LogP contribution in [0.1, 0.15) is 49.5 Å². The van der Waals surface area contributed by atoms with Crippen molar-refractivity contribution in [3.05, 3.63) is 107 Å². The maximum absolute atomic E-state index is 13.1. The monoisotopic (exact) mass is 791 g/mol. The Morgan fingerprint density at radius 1 is 1.07 bits per heavy atom. The minimum atomic E-state index is -3.36. The Balaban J connectivity index is 0.000000223. The van der Waals surface area contributed by atoms with Gasteiger partial charge < -0.3 is 34.6 Å². The zero-order chi connectivity index (χ0) is 39.0. The van der Waals surface area contributed by atoms with Gasteiger partial charge in [-0.3, -0.25) is 9.52 Å². The molecule has 1 fully saturated rings. The van der Waals surface area contributed by atoms with Gasteiger partial charge in [0.05, 0.1) is 28.8 Å². The summed E-state index contributed by atoms with van der Waals surface area (Å²) in [6, 6.07) is 18.5. The lowest BCUT2D eigenvalue weighted by Gasteiger charge is -2.36. The van der Waals surface area contributed by atoms with Crippen molar-refractivity contribution < 1.29 is 22.4 Å². The second-order valence-electron chi connectivity index (χ2n) is 13.4. The number of H-pyrrole nitrogens is 1. The highest BCUT2D eigenvalue weighted by Gasteiger charge is 2.25. The number of halogens is 1. The molecule has 4 heterocycles. The largest absolute Gasteiger partial charge is 0.488 e. The summed E-state index contributed by atoms with van der Waals surface area (Å²) in [5.41, 5.74) is 5.62. The number of allylic oxidation sites excluding steroid dienone is 1. The van der Waals surface area contributed by atoms with Gasteiger partial charge in [-0.2, -0.15) is 0 Å². The SMILES string of the molecule is CC(C)=CCOc1cc(NC(=S)c2ccoc2C)ccc1Cl.CC(C)Nc1cccnc1N1CCN(C(=O)c2cc3cc(NS(C)(=O)=O)ccc3[nH]2)CC1. The highest BCUT2D eigenvalue weighted by Crippen LogP contribution is 2.29. The number of aromatic amines is 1. The van der Waals surface area contributed by atoms with Crippen molar-refractivity contribution in [2.24, 2.45) is 0 Å². The second-order valence-corrected chi connectivity index (χ2v) is 16.0. The van der Waals surface area contributed by atoms with Gasteiger partial charge in [0.2, 0.25) is 10.0 Å². The van der Waals surface area contributed by atoms with E-state index in [2.05, 4.69) is 44.1 Å². The van der Waals surface area contributed by atoms with Crippen molar-refractivity contribution in [3.63, 3.8) is 0 Å². The fraction of sp³-hybridized carbons (Fsp3) is 0.308. The quantitative estimate of drug-likeness (QED) is 0.0766. The first kappa shape index (κ1) is 40.1. The number of ether oxygens (including phenoxy) is 1. The molecule has 5 aromatic rings. The van der Waals surface area contributed by atoms with Crippen molar-refractivity contribution in [2.75, 3.05) is 59.3 Å². The van der Waals surface area contributed by atoms with Gasteiger partial charge in [0.15, 0.2) is 5.82 Å². The minimum absolute atomic E-state index is 0.0694. The van der Waals surface area contributed by atoms with Crippen LogP contribution in [0.5, 0.6) is 5.75 Å². The Hall–Kier alpha value is -5.05. The highest BCUT2D eigenvalue weighted by molar-refractivity contribution is 7.92. The molecule has 0 saturated carbocycles. The molecule has 0 spiro atoms. The molecule has 0 bridgehead atoms. The molecule has 0 radical (unpaired) electrons. The first-order valence-corrected chi connectivity index (χ1v) is 20.1. The van der Waals surface area contributed by atoms with Crippen molar-refractivity contribution in [1.29, 1.82) is 0 Å². The fourth-order valence-electron chi connectivity index (χ4n) is 5.70. The molecule has 1 aliphatic rings. The maximum Gasteiger partial charge on any atom is 0.270 e. The van der Waals surface area contributed by atoms with Crippen LogP contribution in [0.2, 0.25) is 5.02 Å². The van der Waals surface area contributed by atoms with E-state index >= 15 is 0 Å². The number of fused-ring (bicyclic) bond motifs is 1. The van der Waals surface area contributed by atoms with Crippen LogP contribution in [0.3, 0.4) is 0 Å². The maximum atomic E-state index is 13.1. The van der Waals surface area contributed by atoms with Crippen LogP contribution in [-0.2, 0) is 10.0 Å². The number of rotatable bonds is 11. The van der Waals surface area contributed by atoms with Crippen molar-refractivity contribution in [1.82, 2.24) is 14.9 Å². The van der Waals surface area contributed by atoms with Crippen LogP contribution in [0, 0.1) is 6.92 Å². The summed E-state index contributed by atoms with van der Waals surface area (Å²) in [7, 11) is -3.36. The summed E-state index contributed by atoms with van der Waals surface area (Å²) in [6.07, 6.45) is 6.51. The summed E-state index contributed by atoms with van der Waals surface area (Å²) in [5, 5.41) is 7.94. The number of amides is 1. The standard InChI is InChI=1S/C22H28N6O3S.C17H18ClNO2S/c1-15(2)24-19-5-4-8-23-21(19)27-9-11-28(12-10-27)22(29)20-14-16-13-17(26-32(3,30)31)6-7-18(16)25-20;1-11(2)6-8-21-16-10-13(4-5-15(16)18)19-17(22)14-7-9-20-12(14)3/h4-8,13-15,24-26H,9-12H2,1-3H3;4-7,9-10H,8H2,1-3H3,(H,19,22). The van der Waals surface area contributed by atoms with Gasteiger partial charge in [0.25, 0.3) is 5.91 Å². The Labute approximate surface area is 327 Å². The molecule has 1 aliphatic heterocycles. The number of nitrogens with one attached hydrogen (secondary N) is 4. The van der Waals surface area contributed by atoms with Gasteiger partial charge >= 0.3 is 0 Å². The number of furan rings is 1. The van der Waals surface area contributed by atoms with E-state index in [9.17, 15) is 13.2 Å². The van der Waals surface area contributed by atoms with E-state index < -0.39 is 10.0 Å². The number of pyridine rings is 1. The Bertz CT molecular complexity index is 2240. The van der Waals surface area contributed by atoms with E-state index in [-0.39, 0.29) is 5.91 Å². The number of aryl methyl sites for hydroxylation is 1. The topological polar surface area (TPSA) is 145 Å². The molecule has 6 rings (SSSR count). The summed E-state index contributed by atoms with van der Waals surface area (Å²) in [5.74, 6) is 2.24. The van der Waals surface area contributed by atoms with Gasteiger partial charge in [-0.1, -0.05) is 29.4 Å². The molecule has 4 N–H and O–H groups in total. The number of piperazine rings is 1. The lowest BCUT2D eigenvalue weighted by Crippen LogP contribution is -2.49. The molecule has 1 amide bonds. The predicted octanol–water partition coefficient (Wildman–Crippen LogP) is 8.09. The van der Waals surface area contributed by atoms with Crippen LogP contribution in [0.15, 0.2) is 89.2 Å². The average Bonchev–Trinajstić information content (AvgIpc) is 3.75. The number of hydrogen-bond acceptors (Lipinski definition) is 9. The third kappa shape index (κ3) is 11.0. The molecule has 2 aromatic carbocycles. The van der Waals surface area contributed by atoms with Gasteiger partial charge in [-0.05, 0) is 95.3 Å². The predicted molar refractivity (Wildman–Crippen MR) is 223 cm³/mol. The number of hydrogen-bond donors (Lipinski definition) is 4. The lowest BCUT2D eigenvalue weighted by atomic mass is 10.2. The van der Waals surface area contributed by atoms with Crippen LogP contribution in [0.4, 0.5) is 22.9 Å². The molecule has 286 valence electrons. The smallest absolute Gasteiger partial charge is 0.270 e. The first-order valence-electron chi connectivity index (χ1n) is 17.4. The summed E-state index contributed by atoms with van der Waals surface area (Å²) in [4.78, 5) is 25.4. The molecule has 12 nitrogen and oxygen atoms in total. The van der Waals surface area contributed by atoms with Gasteiger partial charge in [0.1, 0.15) is 28.8 Å². The van der Waals surface area contributed by atoms with E-state index in [4.69, 9.17) is 33.0 Å². The van der Waals surface area contributed by atoms with E-state index in [0.29, 0.717) is 66.0 Å². The van der Waals surface area contributed by atoms with Gasteiger partial charge in [-0.15, -0.1) is 0 Å². The normalized spacial score (nSPS) is 12.9. The number of benzene rings is 2. The van der Waals surface area contributed by atoms with E-state index in [1.807, 2.05) is 62.1 Å². The third-order valence-corrected chi connectivity index (χ3v) is 9.52. The molecule has 0 aliphatic carbocycles. The molecule has 15 heteroatoms. The molecule has 54 heavy (non-hydrogen) atoms. The van der Waals surface area contributed by atoms with Gasteiger partial charge in [-0.25, -0.2) is 13.4 Å². The van der Waals surface area contributed by atoms with Crippen molar-refractivity contribution in [3.8, 4) is 5.75 Å². The number of thiocarbonyl (C=S) groups is 1. The van der Waals surface area contributed by atoms with Gasteiger partial charge in [0, 0.05) is 66.8 Å². The Kier molecular flexibility index (Phi) is 13.3. The van der Waals surface area contributed by atoms with Crippen LogP contribution < -0.4 is 25.0 Å². The average molecular weight is 792 g/mol. The number of sulfonamides is 1. The zero-order valence-electron chi connectivity index (χ0n) is 31.2. The number of nitrogens with zero attached hydrogens (tertiary/aromatic N) is 3. The fourth-order valence-corrected chi connectivity index (χ4v) is 6.76. The number of carbonyl (C=O) groups is 1. The number of anilines is 4. The van der Waals surface area contributed by atoms with Crippen molar-refractivity contribution >= 4 is 78.5 Å². The molecule has 3 aromatic heterocycles. The highest BCUT2D eigenvalue weighted by atomic mass is 35.5. The number of aromatic nitrogens is 2. The van der Waals surface area contributed by atoms with Crippen LogP contribution >= 0.6 is 23.8 Å². The number of carbonyl (C=O) groups excluding carboxylic acids is 1. The van der Waals surface area contributed by atoms with Crippen LogP contribution in [-0.4, -0.2) is 79.3 Å². The second kappa shape index (κ2) is 17.9. The Morgan fingerprint density at radius 3 is 2.48 bits per heavy atom. The summed E-state index contributed by atoms with van der Waals surface area (Å²) >= 11 is 11.5. The van der Waals surface area contributed by atoms with Crippen molar-refractivity contribution in [2.45, 2.75) is 40.7 Å². The zero-order valence-corrected chi connectivity index (χ0v) is 33.6. The molecular weight excluding hydrogens is 746 g/mol. The molecule has 1 saturated heterocycles. The van der Waals surface area contributed by atoms with Crippen LogP contribution in [0.25, 0.3) is 10.9 Å². The first-order chi connectivity index (χ1) is 25.7. The molecule has 0 unspecified atom stereocenters. The Morgan fingerprint density at radius 2 is 1.81 bits per heavy atom. The molecule has 0 atom stereocenters. The van der Waals surface area contributed by atoms with E-state index in [0.717, 1.165) is 45.7 Å².